The van der Waals surface area contributed by atoms with Crippen LogP contribution in [0.5, 0.6) is 5.75 Å². The predicted octanol–water partition coefficient (Wildman–Crippen LogP) is 3.61. The predicted molar refractivity (Wildman–Crippen MR) is 88.9 cm³/mol. The molecule has 118 valence electrons. The summed E-state index contributed by atoms with van der Waals surface area (Å²) in [6.45, 7) is 11.5. The van der Waals surface area contributed by atoms with E-state index in [-0.39, 0.29) is 0 Å². The molecule has 1 heterocycles. The van der Waals surface area contributed by atoms with Crippen molar-refractivity contribution < 1.29 is 4.74 Å². The fourth-order valence-electron chi connectivity index (χ4n) is 3.06. The minimum absolute atomic E-state index is 0.298. The van der Waals surface area contributed by atoms with Crippen molar-refractivity contribution in [3.05, 3.63) is 29.8 Å². The van der Waals surface area contributed by atoms with Crippen LogP contribution in [0.1, 0.15) is 52.1 Å². The van der Waals surface area contributed by atoms with Gasteiger partial charge in [-0.05, 0) is 58.2 Å². The fraction of sp³-hybridized carbons (Fsp3) is 0.667. The first-order valence-electron chi connectivity index (χ1n) is 8.05. The Morgan fingerprint density at radius 3 is 2.19 bits per heavy atom. The largest absolute Gasteiger partial charge is 0.497 e. The number of nitrogens with one attached hydrogen (secondary N) is 1. The highest BCUT2D eigenvalue weighted by Gasteiger charge is 2.27. The van der Waals surface area contributed by atoms with E-state index in [1.54, 1.807) is 7.11 Å². The van der Waals surface area contributed by atoms with Gasteiger partial charge in [-0.2, -0.15) is 0 Å². The number of likely N-dealkylation sites (tertiary alicyclic amines) is 1. The van der Waals surface area contributed by atoms with Crippen LogP contribution in [0.4, 0.5) is 0 Å². The summed E-state index contributed by atoms with van der Waals surface area (Å²) in [5, 5.41) is 3.78. The van der Waals surface area contributed by atoms with Crippen LogP contribution in [-0.2, 0) is 0 Å². The zero-order valence-corrected chi connectivity index (χ0v) is 14.1. The van der Waals surface area contributed by atoms with Crippen molar-refractivity contribution in [2.75, 3.05) is 20.2 Å². The molecule has 1 aliphatic heterocycles. The number of hydrogen-bond donors (Lipinski definition) is 1. The second kappa shape index (κ2) is 6.80. The molecule has 1 aromatic carbocycles. The van der Waals surface area contributed by atoms with Crippen LogP contribution in [0.2, 0.25) is 0 Å². The molecule has 2 rings (SSSR count). The van der Waals surface area contributed by atoms with Crippen LogP contribution < -0.4 is 10.1 Å². The SMILES string of the molecule is COc1ccc(C(C)NC2CCN(C(C)(C)C)CC2)cc1. The van der Waals surface area contributed by atoms with Gasteiger partial charge in [0.15, 0.2) is 0 Å². The zero-order chi connectivity index (χ0) is 15.5. The van der Waals surface area contributed by atoms with Gasteiger partial charge in [0.1, 0.15) is 5.75 Å². The number of benzene rings is 1. The lowest BCUT2D eigenvalue weighted by atomic mass is 9.97. The molecular formula is C18H30N2O. The van der Waals surface area contributed by atoms with Crippen LogP contribution >= 0.6 is 0 Å². The number of rotatable bonds is 4. The van der Waals surface area contributed by atoms with Crippen molar-refractivity contribution in [3.8, 4) is 5.75 Å². The van der Waals surface area contributed by atoms with E-state index in [9.17, 15) is 0 Å². The highest BCUT2D eigenvalue weighted by atomic mass is 16.5. The van der Waals surface area contributed by atoms with E-state index < -0.39 is 0 Å². The van der Waals surface area contributed by atoms with E-state index in [4.69, 9.17) is 4.74 Å². The van der Waals surface area contributed by atoms with Gasteiger partial charge in [0.05, 0.1) is 7.11 Å². The van der Waals surface area contributed by atoms with Gasteiger partial charge < -0.3 is 10.1 Å². The van der Waals surface area contributed by atoms with E-state index in [1.165, 1.54) is 31.5 Å². The summed E-state index contributed by atoms with van der Waals surface area (Å²) < 4.78 is 5.22. The van der Waals surface area contributed by atoms with Crippen LogP contribution in [0, 0.1) is 0 Å². The van der Waals surface area contributed by atoms with Crippen LogP contribution in [0.15, 0.2) is 24.3 Å². The Morgan fingerprint density at radius 2 is 1.71 bits per heavy atom. The van der Waals surface area contributed by atoms with Gasteiger partial charge in [-0.3, -0.25) is 4.90 Å². The standard InChI is InChI=1S/C18H30N2O/c1-14(15-6-8-17(21-5)9-7-15)19-16-10-12-20(13-11-16)18(2,3)4/h6-9,14,16,19H,10-13H2,1-5H3. The molecule has 1 aliphatic rings. The molecule has 1 fully saturated rings. The Kier molecular flexibility index (Phi) is 5.28. The molecule has 0 aliphatic carbocycles. The molecule has 1 atom stereocenters. The van der Waals surface area contributed by atoms with E-state index in [1.807, 2.05) is 12.1 Å². The smallest absolute Gasteiger partial charge is 0.118 e. The van der Waals surface area contributed by atoms with Gasteiger partial charge in [-0.25, -0.2) is 0 Å². The third kappa shape index (κ3) is 4.45. The lowest BCUT2D eigenvalue weighted by molar-refractivity contribution is 0.0942. The average molecular weight is 290 g/mol. The third-order valence-corrected chi connectivity index (χ3v) is 4.55. The summed E-state index contributed by atoms with van der Waals surface area (Å²) in [6, 6.07) is 9.40. The number of nitrogens with zero attached hydrogens (tertiary/aromatic N) is 1. The lowest BCUT2D eigenvalue weighted by Crippen LogP contribution is -2.50. The second-order valence-electron chi connectivity index (χ2n) is 7.09. The van der Waals surface area contributed by atoms with E-state index >= 15 is 0 Å². The number of methoxy groups -OCH3 is 1. The van der Waals surface area contributed by atoms with Crippen molar-refractivity contribution in [3.63, 3.8) is 0 Å². The molecule has 0 spiro atoms. The molecule has 21 heavy (non-hydrogen) atoms. The highest BCUT2D eigenvalue weighted by Crippen LogP contribution is 2.23. The highest BCUT2D eigenvalue weighted by molar-refractivity contribution is 5.28. The Bertz CT molecular complexity index is 428. The Labute approximate surface area is 129 Å². The van der Waals surface area contributed by atoms with Crippen LogP contribution in [0.25, 0.3) is 0 Å². The molecule has 1 aromatic rings. The molecule has 0 amide bonds. The zero-order valence-electron chi connectivity index (χ0n) is 14.1. The maximum Gasteiger partial charge on any atom is 0.118 e. The fourth-order valence-corrected chi connectivity index (χ4v) is 3.06. The van der Waals surface area contributed by atoms with Crippen molar-refractivity contribution in [2.45, 2.75) is 58.2 Å². The van der Waals surface area contributed by atoms with Gasteiger partial charge in [0.2, 0.25) is 0 Å². The second-order valence-corrected chi connectivity index (χ2v) is 7.09. The monoisotopic (exact) mass is 290 g/mol. The van der Waals surface area contributed by atoms with Gasteiger partial charge in [0.25, 0.3) is 0 Å². The lowest BCUT2D eigenvalue weighted by Gasteiger charge is -2.41. The molecule has 1 unspecified atom stereocenters. The first-order chi connectivity index (χ1) is 9.90. The first-order valence-corrected chi connectivity index (χ1v) is 8.05. The minimum Gasteiger partial charge on any atom is -0.497 e. The maximum atomic E-state index is 5.22. The van der Waals surface area contributed by atoms with Crippen molar-refractivity contribution in [2.24, 2.45) is 0 Å². The molecule has 1 saturated heterocycles. The molecule has 0 saturated carbocycles. The Hall–Kier alpha value is -1.06. The van der Waals surface area contributed by atoms with E-state index in [0.29, 0.717) is 17.6 Å². The van der Waals surface area contributed by atoms with Crippen molar-refractivity contribution >= 4 is 0 Å². The van der Waals surface area contributed by atoms with Gasteiger partial charge in [-0.1, -0.05) is 12.1 Å². The molecule has 3 heteroatoms. The summed E-state index contributed by atoms with van der Waals surface area (Å²) in [6.07, 6.45) is 2.47. The van der Waals surface area contributed by atoms with E-state index in [0.717, 1.165) is 5.75 Å². The van der Waals surface area contributed by atoms with Gasteiger partial charge >= 0.3 is 0 Å². The Morgan fingerprint density at radius 1 is 1.14 bits per heavy atom. The summed E-state index contributed by atoms with van der Waals surface area (Å²) in [4.78, 5) is 2.59. The normalized spacial score (nSPS) is 19.5. The molecule has 1 N–H and O–H groups in total. The molecule has 3 nitrogen and oxygen atoms in total. The first kappa shape index (κ1) is 16.3. The van der Waals surface area contributed by atoms with Gasteiger partial charge in [-0.15, -0.1) is 0 Å². The molecular weight excluding hydrogens is 260 g/mol. The minimum atomic E-state index is 0.298. The summed E-state index contributed by atoms with van der Waals surface area (Å²) >= 11 is 0. The van der Waals surface area contributed by atoms with Gasteiger partial charge in [0, 0.05) is 30.7 Å². The third-order valence-electron chi connectivity index (χ3n) is 4.55. The number of ether oxygens (including phenoxy) is 1. The average Bonchev–Trinajstić information content (AvgIpc) is 2.47. The summed E-state index contributed by atoms with van der Waals surface area (Å²) in [5.41, 5.74) is 1.63. The topological polar surface area (TPSA) is 24.5 Å². The molecule has 0 aromatic heterocycles. The van der Waals surface area contributed by atoms with E-state index in [2.05, 4.69) is 50.0 Å². The van der Waals surface area contributed by atoms with Crippen molar-refractivity contribution in [1.29, 1.82) is 0 Å². The maximum absolute atomic E-state index is 5.22. The Balaban J connectivity index is 1.85. The molecule has 0 radical (unpaired) electrons. The van der Waals surface area contributed by atoms with Crippen molar-refractivity contribution in [1.82, 2.24) is 10.2 Å². The number of hydrogen-bond acceptors (Lipinski definition) is 3. The molecule has 0 bridgehead atoms. The summed E-state index contributed by atoms with van der Waals surface area (Å²) in [5.74, 6) is 0.921. The quantitative estimate of drug-likeness (QED) is 0.917. The van der Waals surface area contributed by atoms with Crippen LogP contribution in [0.3, 0.4) is 0 Å². The van der Waals surface area contributed by atoms with Crippen LogP contribution in [-0.4, -0.2) is 36.7 Å². The number of piperidine rings is 1. The summed E-state index contributed by atoms with van der Waals surface area (Å²) in [7, 11) is 1.71.